The van der Waals surface area contributed by atoms with E-state index < -0.39 is 0 Å². The number of fused-ring (bicyclic) bond motifs is 16. The molecule has 2 nitrogen and oxygen atoms in total. The van der Waals surface area contributed by atoms with E-state index in [1.807, 2.05) is 0 Å². The molecule has 60 heavy (non-hydrogen) atoms. The highest BCUT2D eigenvalue weighted by molar-refractivity contribution is 6.34. The minimum atomic E-state index is 0.900. The van der Waals surface area contributed by atoms with Gasteiger partial charge >= 0.3 is 0 Å². The monoisotopic (exact) mass is 759 g/mol. The minimum absolute atomic E-state index is 0.900. The van der Waals surface area contributed by atoms with E-state index in [0.717, 1.165) is 21.9 Å². The van der Waals surface area contributed by atoms with Crippen molar-refractivity contribution in [2.75, 3.05) is 0 Å². The normalized spacial score (nSPS) is 12.3. The van der Waals surface area contributed by atoms with Gasteiger partial charge in [-0.15, -0.1) is 0 Å². The van der Waals surface area contributed by atoms with Gasteiger partial charge in [0.05, 0.1) is 11.0 Å². The van der Waals surface area contributed by atoms with Crippen molar-refractivity contribution < 1.29 is 4.42 Å². The van der Waals surface area contributed by atoms with E-state index in [1.54, 1.807) is 0 Å². The maximum Gasteiger partial charge on any atom is 0.135 e. The molecule has 0 atom stereocenters. The Hall–Kier alpha value is -7.94. The van der Waals surface area contributed by atoms with Crippen LogP contribution in [-0.2, 0) is 0 Å². The van der Waals surface area contributed by atoms with Crippen LogP contribution in [0.15, 0.2) is 205 Å². The predicted octanol–water partition coefficient (Wildman–Crippen LogP) is 16.3. The molecule has 0 unspecified atom stereocenters. The van der Waals surface area contributed by atoms with Gasteiger partial charge in [0.25, 0.3) is 0 Å². The molecule has 0 N–H and O–H groups in total. The molecule has 1 aliphatic rings. The molecule has 0 saturated heterocycles. The minimum Gasteiger partial charge on any atom is -0.456 e. The Kier molecular flexibility index (Phi) is 6.32. The quantitative estimate of drug-likeness (QED) is 0.164. The molecule has 0 aliphatic heterocycles. The third kappa shape index (κ3) is 4.27. The highest BCUT2D eigenvalue weighted by Gasteiger charge is 2.23. The fourth-order valence-electron chi connectivity index (χ4n) is 10.7. The summed E-state index contributed by atoms with van der Waals surface area (Å²) >= 11 is 0. The van der Waals surface area contributed by atoms with Crippen molar-refractivity contribution in [1.29, 1.82) is 0 Å². The average molecular weight is 760 g/mol. The zero-order chi connectivity index (χ0) is 39.1. The van der Waals surface area contributed by atoms with Crippen LogP contribution in [0.5, 0.6) is 0 Å². The van der Waals surface area contributed by atoms with E-state index in [0.29, 0.717) is 0 Å². The van der Waals surface area contributed by atoms with Gasteiger partial charge in [0, 0.05) is 32.6 Å². The maximum atomic E-state index is 6.48. The van der Waals surface area contributed by atoms with Crippen molar-refractivity contribution in [2.24, 2.45) is 0 Å². The topological polar surface area (TPSA) is 18.1 Å². The number of rotatable bonds is 3. The Morgan fingerprint density at radius 1 is 0.283 bits per heavy atom. The van der Waals surface area contributed by atoms with Crippen LogP contribution in [0, 0.1) is 0 Å². The lowest BCUT2D eigenvalue weighted by atomic mass is 9.90. The number of hydrogen-bond donors (Lipinski definition) is 0. The molecule has 2 heterocycles. The lowest BCUT2D eigenvalue weighted by molar-refractivity contribution is 0.669. The molecular weight excluding hydrogens is 727 g/mol. The van der Waals surface area contributed by atoms with Crippen molar-refractivity contribution in [2.45, 2.75) is 0 Å². The first-order chi connectivity index (χ1) is 29.8. The molecule has 1 aliphatic carbocycles. The van der Waals surface area contributed by atoms with Crippen molar-refractivity contribution in [1.82, 2.24) is 4.57 Å². The summed E-state index contributed by atoms with van der Waals surface area (Å²) in [6, 6.07) is 73.7. The highest BCUT2D eigenvalue weighted by Crippen LogP contribution is 2.50. The van der Waals surface area contributed by atoms with Crippen LogP contribution >= 0.6 is 0 Å². The van der Waals surface area contributed by atoms with E-state index >= 15 is 0 Å². The van der Waals surface area contributed by atoms with E-state index in [1.165, 1.54) is 115 Å². The Bertz CT molecular complexity index is 3950. The number of hydrogen-bond acceptors (Lipinski definition) is 1. The van der Waals surface area contributed by atoms with Crippen LogP contribution in [-0.4, -0.2) is 4.57 Å². The molecule has 0 radical (unpaired) electrons. The number of nitrogens with zero attached hydrogens (tertiary/aromatic N) is 1. The molecule has 0 spiro atoms. The van der Waals surface area contributed by atoms with Crippen LogP contribution < -0.4 is 0 Å². The number of benzene rings is 11. The maximum absolute atomic E-state index is 6.48. The van der Waals surface area contributed by atoms with E-state index in [9.17, 15) is 0 Å². The van der Waals surface area contributed by atoms with Crippen molar-refractivity contribution >= 4 is 86.8 Å². The Morgan fingerprint density at radius 2 is 0.817 bits per heavy atom. The fourth-order valence-corrected chi connectivity index (χ4v) is 10.7. The Balaban J connectivity index is 0.955. The first-order valence-corrected chi connectivity index (χ1v) is 20.8. The summed E-state index contributed by atoms with van der Waals surface area (Å²) in [7, 11) is 0. The molecule has 0 bridgehead atoms. The lowest BCUT2D eigenvalue weighted by Gasteiger charge is -2.15. The summed E-state index contributed by atoms with van der Waals surface area (Å²) < 4.78 is 8.94. The van der Waals surface area contributed by atoms with Gasteiger partial charge in [0.2, 0.25) is 0 Å². The molecule has 2 heteroatoms. The van der Waals surface area contributed by atoms with Crippen LogP contribution in [0.1, 0.15) is 0 Å². The largest absolute Gasteiger partial charge is 0.456 e. The molecular formula is C58H33NO. The summed E-state index contributed by atoms with van der Waals surface area (Å²) in [5, 5.41) is 15.0. The summed E-state index contributed by atoms with van der Waals surface area (Å²) in [5.41, 5.74) is 15.5. The highest BCUT2D eigenvalue weighted by atomic mass is 16.3. The molecule has 13 aromatic rings. The van der Waals surface area contributed by atoms with Gasteiger partial charge in [-0.05, 0) is 131 Å². The van der Waals surface area contributed by atoms with Crippen LogP contribution in [0.3, 0.4) is 0 Å². The zero-order valence-electron chi connectivity index (χ0n) is 32.4. The van der Waals surface area contributed by atoms with Gasteiger partial charge in [-0.25, -0.2) is 0 Å². The summed E-state index contributed by atoms with van der Waals surface area (Å²) in [4.78, 5) is 0. The Morgan fingerprint density at radius 3 is 1.63 bits per heavy atom. The van der Waals surface area contributed by atoms with Crippen LogP contribution in [0.25, 0.3) is 137 Å². The van der Waals surface area contributed by atoms with Gasteiger partial charge in [0.15, 0.2) is 0 Å². The van der Waals surface area contributed by atoms with Gasteiger partial charge in [-0.3, -0.25) is 0 Å². The van der Waals surface area contributed by atoms with E-state index in [2.05, 4.69) is 205 Å². The summed E-state index contributed by atoms with van der Waals surface area (Å²) in [6.07, 6.45) is 0. The molecule has 0 fully saturated rings. The second kappa shape index (κ2) is 11.8. The third-order valence-corrected chi connectivity index (χ3v) is 13.3. The number of furan rings is 1. The second-order valence-corrected chi connectivity index (χ2v) is 16.3. The SMILES string of the molecule is c1ccc(-n2c3ccccc3c3ccc4c5ccc(-c6ccc7oc8ccc(-c9ccc%10c%11c(cccc9%11)-c9ccccc9-%10)cc8c7c6)cc5c5ccccc5c4c32)cc1. The molecule has 11 aromatic carbocycles. The molecule has 2 aromatic heterocycles. The second-order valence-electron chi connectivity index (χ2n) is 16.3. The standard InChI is InChI=1S/C58H33NO/c1-2-11-37(12-3-1)59-53-20-9-8-16-43(53)49-28-27-48-42-24-21-34(31-50(42)41-15-6-7-17-46(41)57(48)58(49)59)35-22-29-54-51(32-35)52-33-36(23-30-55(52)60-54)38-25-26-47-40-14-5-4-13-39(40)45-19-10-18-44(38)56(45)47/h1-33H. The average Bonchev–Trinajstić information content (AvgIpc) is 3.97. The molecule has 0 saturated carbocycles. The van der Waals surface area contributed by atoms with Crippen LogP contribution in [0.4, 0.5) is 0 Å². The fraction of sp³-hybridized carbons (Fsp3) is 0. The summed E-state index contributed by atoms with van der Waals surface area (Å²) in [6.45, 7) is 0. The zero-order valence-corrected chi connectivity index (χ0v) is 32.4. The van der Waals surface area contributed by atoms with Crippen molar-refractivity contribution in [3.8, 4) is 50.2 Å². The molecule has 276 valence electrons. The van der Waals surface area contributed by atoms with E-state index in [-0.39, 0.29) is 0 Å². The predicted molar refractivity (Wildman–Crippen MR) is 253 cm³/mol. The van der Waals surface area contributed by atoms with Gasteiger partial charge < -0.3 is 8.98 Å². The first kappa shape index (κ1) is 32.1. The van der Waals surface area contributed by atoms with Crippen LogP contribution in [0.2, 0.25) is 0 Å². The van der Waals surface area contributed by atoms with Crippen molar-refractivity contribution in [3.63, 3.8) is 0 Å². The smallest absolute Gasteiger partial charge is 0.135 e. The number of para-hydroxylation sites is 2. The van der Waals surface area contributed by atoms with Gasteiger partial charge in [-0.2, -0.15) is 0 Å². The van der Waals surface area contributed by atoms with Crippen molar-refractivity contribution in [3.05, 3.63) is 200 Å². The third-order valence-electron chi connectivity index (χ3n) is 13.3. The van der Waals surface area contributed by atoms with E-state index in [4.69, 9.17) is 4.42 Å². The van der Waals surface area contributed by atoms with Gasteiger partial charge in [-0.1, -0.05) is 152 Å². The Labute approximate surface area is 344 Å². The lowest BCUT2D eigenvalue weighted by Crippen LogP contribution is -1.95. The number of aromatic nitrogens is 1. The summed E-state index contributed by atoms with van der Waals surface area (Å²) in [5.74, 6) is 0. The molecule has 0 amide bonds. The molecule has 14 rings (SSSR count). The first-order valence-electron chi connectivity index (χ1n) is 20.8. The van der Waals surface area contributed by atoms with Gasteiger partial charge in [0.1, 0.15) is 11.2 Å².